The summed E-state index contributed by atoms with van der Waals surface area (Å²) in [4.78, 5) is 17.7. The van der Waals surface area contributed by atoms with Gasteiger partial charge < -0.3 is 4.74 Å². The largest absolute Gasteiger partial charge is 0.464 e. The van der Waals surface area contributed by atoms with Crippen LogP contribution in [0.15, 0.2) is 17.2 Å². The zero-order valence-corrected chi connectivity index (χ0v) is 7.76. The van der Waals surface area contributed by atoms with Crippen LogP contribution in [0.1, 0.15) is 16.2 Å². The van der Waals surface area contributed by atoms with E-state index in [0.717, 1.165) is 0 Å². The second-order valence-electron chi connectivity index (χ2n) is 2.53. The number of hydrogen-bond acceptors (Lipinski definition) is 4. The molecule has 72 valence electrons. The fourth-order valence-electron chi connectivity index (χ4n) is 0.969. The number of ether oxygens (including phenoxy) is 1. The van der Waals surface area contributed by atoms with E-state index in [1.54, 1.807) is 13.0 Å². The van der Waals surface area contributed by atoms with Crippen molar-refractivity contribution in [1.29, 1.82) is 0 Å². The van der Waals surface area contributed by atoms with Crippen molar-refractivity contribution < 1.29 is 9.53 Å². The van der Waals surface area contributed by atoms with Crippen molar-refractivity contribution in [2.24, 2.45) is 5.11 Å². The maximum absolute atomic E-state index is 11.1. The summed E-state index contributed by atoms with van der Waals surface area (Å²) in [5.41, 5.74) is 9.29. The molecule has 14 heavy (non-hydrogen) atoms. The highest BCUT2D eigenvalue weighted by molar-refractivity contribution is 5.88. The van der Waals surface area contributed by atoms with Gasteiger partial charge in [0.25, 0.3) is 0 Å². The van der Waals surface area contributed by atoms with Gasteiger partial charge in [-0.3, -0.25) is 0 Å². The number of rotatable bonds is 2. The van der Waals surface area contributed by atoms with Crippen molar-refractivity contribution in [3.8, 4) is 0 Å². The lowest BCUT2D eigenvalue weighted by Gasteiger charge is -2.00. The average molecular weight is 192 g/mol. The van der Waals surface area contributed by atoms with Gasteiger partial charge in [-0.15, -0.1) is 0 Å². The second-order valence-corrected chi connectivity index (χ2v) is 2.53. The Hall–Kier alpha value is -2.07. The molecule has 0 aliphatic rings. The molecule has 0 bridgehead atoms. The van der Waals surface area contributed by atoms with Crippen LogP contribution in [0.3, 0.4) is 0 Å². The quantitative estimate of drug-likeness (QED) is 0.311. The van der Waals surface area contributed by atoms with E-state index in [4.69, 9.17) is 5.53 Å². The van der Waals surface area contributed by atoms with E-state index in [1.165, 1.54) is 13.2 Å². The summed E-state index contributed by atoms with van der Waals surface area (Å²) in [6, 6.07) is 2.95. The third-order valence-electron chi connectivity index (χ3n) is 1.49. The number of methoxy groups -OCH3 is 1. The average Bonchev–Trinajstić information content (AvgIpc) is 2.16. The van der Waals surface area contributed by atoms with Gasteiger partial charge in [-0.1, -0.05) is 5.11 Å². The molecule has 0 N–H and O–H groups in total. The van der Waals surface area contributed by atoms with E-state index in [0.29, 0.717) is 11.4 Å². The van der Waals surface area contributed by atoms with Gasteiger partial charge in [0.05, 0.1) is 7.11 Å². The SMILES string of the molecule is COC(=O)c1cc(N=[N+]=[N-])cc(C)n1. The molecule has 1 rings (SSSR count). The first-order valence-corrected chi connectivity index (χ1v) is 3.79. The number of hydrogen-bond donors (Lipinski definition) is 0. The van der Waals surface area contributed by atoms with Crippen molar-refractivity contribution in [2.45, 2.75) is 6.92 Å². The Kier molecular flexibility index (Phi) is 3.04. The molecule has 0 spiro atoms. The summed E-state index contributed by atoms with van der Waals surface area (Å²) in [6.45, 7) is 1.70. The molecule has 0 aliphatic carbocycles. The maximum Gasteiger partial charge on any atom is 0.356 e. The lowest BCUT2D eigenvalue weighted by molar-refractivity contribution is 0.0594. The van der Waals surface area contributed by atoms with Crippen LogP contribution in [-0.2, 0) is 4.74 Å². The van der Waals surface area contributed by atoms with Crippen molar-refractivity contribution in [3.05, 3.63) is 34.0 Å². The van der Waals surface area contributed by atoms with Gasteiger partial charge >= 0.3 is 5.97 Å². The molecule has 0 unspecified atom stereocenters. The van der Waals surface area contributed by atoms with Crippen LogP contribution >= 0.6 is 0 Å². The molecular formula is C8H8N4O2. The van der Waals surface area contributed by atoms with Gasteiger partial charge in [0.2, 0.25) is 0 Å². The standard InChI is InChI=1S/C8H8N4O2/c1-5-3-6(11-12-9)4-7(10-5)8(13)14-2/h3-4H,1-2H3. The second kappa shape index (κ2) is 4.25. The van der Waals surface area contributed by atoms with E-state index in [2.05, 4.69) is 19.7 Å². The number of nitrogens with zero attached hydrogens (tertiary/aromatic N) is 4. The highest BCUT2D eigenvalue weighted by Gasteiger charge is 2.08. The van der Waals surface area contributed by atoms with Gasteiger partial charge in [0.1, 0.15) is 5.69 Å². The lowest BCUT2D eigenvalue weighted by atomic mass is 10.3. The predicted octanol–water partition coefficient (Wildman–Crippen LogP) is 2.12. The first-order valence-electron chi connectivity index (χ1n) is 3.79. The highest BCUT2D eigenvalue weighted by atomic mass is 16.5. The first-order chi connectivity index (χ1) is 6.67. The van der Waals surface area contributed by atoms with Crippen LogP contribution in [-0.4, -0.2) is 18.1 Å². The number of carbonyl (C=O) groups is 1. The number of azide groups is 1. The Bertz CT molecular complexity index is 410. The topological polar surface area (TPSA) is 88.0 Å². The molecule has 0 fully saturated rings. The molecule has 1 heterocycles. The molecule has 6 nitrogen and oxygen atoms in total. The first kappa shape index (κ1) is 10.0. The number of aromatic nitrogens is 1. The lowest BCUT2D eigenvalue weighted by Crippen LogP contribution is -2.04. The Morgan fingerprint density at radius 3 is 2.93 bits per heavy atom. The van der Waals surface area contributed by atoms with Gasteiger partial charge in [-0.2, -0.15) is 0 Å². The molecule has 0 atom stereocenters. The third-order valence-corrected chi connectivity index (χ3v) is 1.49. The van der Waals surface area contributed by atoms with E-state index in [9.17, 15) is 4.79 Å². The smallest absolute Gasteiger partial charge is 0.356 e. The number of esters is 1. The summed E-state index contributed by atoms with van der Waals surface area (Å²) in [6.07, 6.45) is 0. The van der Waals surface area contributed by atoms with Gasteiger partial charge in [0.15, 0.2) is 0 Å². The van der Waals surface area contributed by atoms with Crippen molar-refractivity contribution in [3.63, 3.8) is 0 Å². The van der Waals surface area contributed by atoms with E-state index in [1.807, 2.05) is 0 Å². The predicted molar refractivity (Wildman–Crippen MR) is 49.1 cm³/mol. The van der Waals surface area contributed by atoms with Crippen LogP contribution in [0.25, 0.3) is 10.4 Å². The van der Waals surface area contributed by atoms with Gasteiger partial charge in [-0.25, -0.2) is 9.78 Å². The molecule has 1 aromatic heterocycles. The fraction of sp³-hybridized carbons (Fsp3) is 0.250. The zero-order chi connectivity index (χ0) is 10.6. The van der Waals surface area contributed by atoms with Crippen LogP contribution in [0, 0.1) is 6.92 Å². The minimum absolute atomic E-state index is 0.134. The minimum Gasteiger partial charge on any atom is -0.464 e. The fourth-order valence-corrected chi connectivity index (χ4v) is 0.969. The van der Waals surface area contributed by atoms with Crippen molar-refractivity contribution in [1.82, 2.24) is 4.98 Å². The number of aryl methyl sites for hydroxylation is 1. The highest BCUT2D eigenvalue weighted by Crippen LogP contribution is 2.15. The molecule has 6 heteroatoms. The molecule has 0 aromatic carbocycles. The normalized spacial score (nSPS) is 9.00. The molecule has 0 saturated carbocycles. The summed E-state index contributed by atoms with van der Waals surface area (Å²) in [5, 5.41) is 3.38. The Morgan fingerprint density at radius 1 is 1.64 bits per heavy atom. The van der Waals surface area contributed by atoms with Gasteiger partial charge in [0, 0.05) is 16.3 Å². The van der Waals surface area contributed by atoms with Gasteiger partial charge in [-0.05, 0) is 24.6 Å². The number of pyridine rings is 1. The van der Waals surface area contributed by atoms with E-state index in [-0.39, 0.29) is 5.69 Å². The summed E-state index contributed by atoms with van der Waals surface area (Å²) >= 11 is 0. The molecule has 1 aromatic rings. The Morgan fingerprint density at radius 2 is 2.36 bits per heavy atom. The van der Waals surface area contributed by atoms with E-state index >= 15 is 0 Å². The monoisotopic (exact) mass is 192 g/mol. The van der Waals surface area contributed by atoms with E-state index < -0.39 is 5.97 Å². The van der Waals surface area contributed by atoms with Crippen LogP contribution in [0.5, 0.6) is 0 Å². The summed E-state index contributed by atoms with van der Waals surface area (Å²) in [5.74, 6) is -0.553. The Balaban J connectivity index is 3.19. The summed E-state index contributed by atoms with van der Waals surface area (Å²) < 4.78 is 4.49. The molecule has 0 radical (unpaired) electrons. The zero-order valence-electron chi connectivity index (χ0n) is 7.76. The Labute approximate surface area is 80.2 Å². The minimum atomic E-state index is -0.553. The number of carbonyl (C=O) groups excluding carboxylic acids is 1. The molecule has 0 saturated heterocycles. The molecule has 0 amide bonds. The third kappa shape index (κ3) is 2.21. The van der Waals surface area contributed by atoms with Crippen molar-refractivity contribution >= 4 is 11.7 Å². The summed E-state index contributed by atoms with van der Waals surface area (Å²) in [7, 11) is 1.26. The van der Waals surface area contributed by atoms with Crippen molar-refractivity contribution in [2.75, 3.05) is 7.11 Å². The molecular weight excluding hydrogens is 184 g/mol. The van der Waals surface area contributed by atoms with Crippen LogP contribution in [0.2, 0.25) is 0 Å². The van der Waals surface area contributed by atoms with Crippen LogP contribution in [0.4, 0.5) is 5.69 Å². The molecule has 0 aliphatic heterocycles. The maximum atomic E-state index is 11.1. The van der Waals surface area contributed by atoms with Crippen LogP contribution < -0.4 is 0 Å².